The molecule has 0 spiro atoms. The number of ether oxygens (including phenoxy) is 3. The highest BCUT2D eigenvalue weighted by atomic mass is 16.6. The Labute approximate surface area is 465 Å². The summed E-state index contributed by atoms with van der Waals surface area (Å²) in [4.78, 5) is 38.3. The average Bonchev–Trinajstić information content (AvgIpc) is 3.41. The number of carbonyl (C=O) groups excluding carboxylic acids is 3. The topological polar surface area (TPSA) is 78.9 Å². The van der Waals surface area contributed by atoms with Gasteiger partial charge < -0.3 is 14.2 Å². The van der Waals surface area contributed by atoms with Crippen LogP contribution < -0.4 is 0 Å². The largest absolute Gasteiger partial charge is 0.462 e. The molecule has 0 bridgehead atoms. The number of allylic oxidation sites excluding steroid dienone is 14. The van der Waals surface area contributed by atoms with Crippen molar-refractivity contribution in [3.8, 4) is 0 Å². The fourth-order valence-electron chi connectivity index (χ4n) is 9.03. The van der Waals surface area contributed by atoms with Gasteiger partial charge in [0.1, 0.15) is 13.2 Å². The van der Waals surface area contributed by atoms with E-state index in [1.165, 1.54) is 173 Å². The van der Waals surface area contributed by atoms with Gasteiger partial charge in [0, 0.05) is 19.3 Å². The molecule has 0 radical (unpaired) electrons. The predicted octanol–water partition coefficient (Wildman–Crippen LogP) is 21.9. The van der Waals surface area contributed by atoms with E-state index in [1.807, 2.05) is 0 Å². The zero-order valence-electron chi connectivity index (χ0n) is 49.6. The number of hydrogen-bond acceptors (Lipinski definition) is 6. The van der Waals surface area contributed by atoms with Crippen molar-refractivity contribution in [2.24, 2.45) is 0 Å². The second-order valence-corrected chi connectivity index (χ2v) is 21.3. The molecule has 1 unspecified atom stereocenters. The SMILES string of the molecule is CC/C=C\C/C=C\C/C=C\C/C=C\CCCCCCCCCCCCCCC(=O)OCC(COC(=O)CCCCCCC/C=C\C/C=C\CCCC)OC(=O)CCCCCCCCC/C=C\CCCCCCCCC. The average molecular weight is 1050 g/mol. The molecule has 0 amide bonds. The van der Waals surface area contributed by atoms with Gasteiger partial charge in [-0.3, -0.25) is 14.4 Å². The Morgan fingerprint density at radius 1 is 0.280 bits per heavy atom. The molecule has 0 heterocycles. The van der Waals surface area contributed by atoms with E-state index < -0.39 is 6.10 Å². The summed E-state index contributed by atoms with van der Waals surface area (Å²) in [6.45, 7) is 6.50. The normalized spacial score (nSPS) is 12.6. The van der Waals surface area contributed by atoms with E-state index in [1.54, 1.807) is 0 Å². The zero-order chi connectivity index (χ0) is 54.3. The standard InChI is InChI=1S/C69H120O6/c1-4-7-10-13-16-19-22-25-28-30-32-33-34-35-36-37-38-40-41-44-47-50-53-56-59-62-68(71)74-65-66(64-73-67(70)61-58-55-52-49-46-43-27-24-21-18-15-12-9-6-3)75-69(72)63-60-57-54-51-48-45-42-39-31-29-26-23-20-17-14-11-8-5-2/h7,10,15-16,18-19,24-25,27-29,31-33,66H,4-6,8-9,11-14,17,20-23,26,30,34-65H2,1-3H3/b10-7-,18-15-,19-16-,27-24-,28-25-,31-29-,33-32-. The van der Waals surface area contributed by atoms with Gasteiger partial charge in [0.15, 0.2) is 6.10 Å². The van der Waals surface area contributed by atoms with Crippen molar-refractivity contribution >= 4 is 17.9 Å². The van der Waals surface area contributed by atoms with Crippen molar-refractivity contribution in [3.05, 3.63) is 85.1 Å². The van der Waals surface area contributed by atoms with Crippen LogP contribution in [-0.2, 0) is 28.6 Å². The van der Waals surface area contributed by atoms with Gasteiger partial charge in [0.2, 0.25) is 0 Å². The van der Waals surface area contributed by atoms with Gasteiger partial charge in [-0.15, -0.1) is 0 Å². The Morgan fingerprint density at radius 3 is 0.867 bits per heavy atom. The maximum absolute atomic E-state index is 12.9. The summed E-state index contributed by atoms with van der Waals surface area (Å²) in [5, 5.41) is 0. The first-order valence-corrected chi connectivity index (χ1v) is 32.1. The van der Waals surface area contributed by atoms with E-state index >= 15 is 0 Å². The molecule has 0 aromatic carbocycles. The summed E-state index contributed by atoms with van der Waals surface area (Å²) < 4.78 is 16.9. The second-order valence-electron chi connectivity index (χ2n) is 21.3. The lowest BCUT2D eigenvalue weighted by molar-refractivity contribution is -0.167. The lowest BCUT2D eigenvalue weighted by Crippen LogP contribution is -2.30. The van der Waals surface area contributed by atoms with Crippen LogP contribution in [0.5, 0.6) is 0 Å². The van der Waals surface area contributed by atoms with Crippen LogP contribution in [0.4, 0.5) is 0 Å². The Morgan fingerprint density at radius 2 is 0.533 bits per heavy atom. The predicted molar refractivity (Wildman–Crippen MR) is 325 cm³/mol. The Balaban J connectivity index is 4.32. The van der Waals surface area contributed by atoms with Crippen molar-refractivity contribution in [3.63, 3.8) is 0 Å². The minimum absolute atomic E-state index is 0.0823. The van der Waals surface area contributed by atoms with Gasteiger partial charge in [-0.1, -0.05) is 273 Å². The molecule has 1 atom stereocenters. The molecule has 0 saturated carbocycles. The van der Waals surface area contributed by atoms with Gasteiger partial charge in [0.05, 0.1) is 0 Å². The summed E-state index contributed by atoms with van der Waals surface area (Å²) in [6, 6.07) is 0. The van der Waals surface area contributed by atoms with Gasteiger partial charge in [-0.05, 0) is 109 Å². The second kappa shape index (κ2) is 63.1. The first-order valence-electron chi connectivity index (χ1n) is 32.1. The summed E-state index contributed by atoms with van der Waals surface area (Å²) in [6.07, 6.45) is 83.0. The molecule has 0 saturated heterocycles. The van der Waals surface area contributed by atoms with Crippen LogP contribution in [0, 0.1) is 0 Å². The fraction of sp³-hybridized carbons (Fsp3) is 0.754. The molecule has 0 aliphatic heterocycles. The first kappa shape index (κ1) is 71.6. The highest BCUT2D eigenvalue weighted by molar-refractivity contribution is 5.71. The highest BCUT2D eigenvalue weighted by Crippen LogP contribution is 2.16. The third kappa shape index (κ3) is 61.3. The zero-order valence-corrected chi connectivity index (χ0v) is 49.6. The quantitative estimate of drug-likeness (QED) is 0.0261. The van der Waals surface area contributed by atoms with Crippen molar-refractivity contribution in [2.45, 2.75) is 322 Å². The van der Waals surface area contributed by atoms with E-state index in [2.05, 4.69) is 106 Å². The van der Waals surface area contributed by atoms with Crippen LogP contribution in [0.25, 0.3) is 0 Å². The number of hydrogen-bond donors (Lipinski definition) is 0. The maximum atomic E-state index is 12.9. The minimum Gasteiger partial charge on any atom is -0.462 e. The van der Waals surface area contributed by atoms with Crippen LogP contribution in [0.1, 0.15) is 316 Å². The van der Waals surface area contributed by atoms with Crippen LogP contribution in [-0.4, -0.2) is 37.2 Å². The molecule has 0 aliphatic carbocycles. The third-order valence-electron chi connectivity index (χ3n) is 13.9. The van der Waals surface area contributed by atoms with E-state index in [0.29, 0.717) is 19.3 Å². The van der Waals surface area contributed by atoms with Crippen molar-refractivity contribution in [1.29, 1.82) is 0 Å². The molecular weight excluding hydrogens is 925 g/mol. The Hall–Kier alpha value is -3.41. The van der Waals surface area contributed by atoms with Gasteiger partial charge in [-0.25, -0.2) is 0 Å². The summed E-state index contributed by atoms with van der Waals surface area (Å²) in [5.74, 6) is -0.891. The molecule has 0 aliphatic rings. The van der Waals surface area contributed by atoms with E-state index in [0.717, 1.165) is 103 Å². The highest BCUT2D eigenvalue weighted by Gasteiger charge is 2.19. The molecule has 0 N–H and O–H groups in total. The van der Waals surface area contributed by atoms with E-state index in [-0.39, 0.29) is 31.1 Å². The van der Waals surface area contributed by atoms with Crippen molar-refractivity contribution < 1.29 is 28.6 Å². The Kier molecular flexibility index (Phi) is 60.3. The molecule has 432 valence electrons. The summed E-state index contributed by atoms with van der Waals surface area (Å²) in [5.41, 5.74) is 0. The molecule has 6 nitrogen and oxygen atoms in total. The minimum atomic E-state index is -0.786. The maximum Gasteiger partial charge on any atom is 0.306 e. The summed E-state index contributed by atoms with van der Waals surface area (Å²) >= 11 is 0. The molecule has 0 aromatic heterocycles. The summed E-state index contributed by atoms with van der Waals surface area (Å²) in [7, 11) is 0. The van der Waals surface area contributed by atoms with Crippen molar-refractivity contribution in [1.82, 2.24) is 0 Å². The van der Waals surface area contributed by atoms with Gasteiger partial charge >= 0.3 is 17.9 Å². The molecule has 6 heteroatoms. The number of rotatable bonds is 58. The first-order chi connectivity index (χ1) is 37.0. The van der Waals surface area contributed by atoms with Crippen molar-refractivity contribution in [2.75, 3.05) is 13.2 Å². The third-order valence-corrected chi connectivity index (χ3v) is 13.9. The van der Waals surface area contributed by atoms with Gasteiger partial charge in [0.25, 0.3) is 0 Å². The van der Waals surface area contributed by atoms with E-state index in [9.17, 15) is 14.4 Å². The molecular formula is C69H120O6. The number of carbonyl (C=O) groups is 3. The molecule has 0 aromatic rings. The lowest BCUT2D eigenvalue weighted by Gasteiger charge is -2.18. The smallest absolute Gasteiger partial charge is 0.306 e. The molecule has 0 rings (SSSR count). The van der Waals surface area contributed by atoms with Crippen LogP contribution in [0.15, 0.2) is 85.1 Å². The lowest BCUT2D eigenvalue weighted by atomic mass is 10.0. The Bertz CT molecular complexity index is 1430. The van der Waals surface area contributed by atoms with Crippen LogP contribution in [0.2, 0.25) is 0 Å². The monoisotopic (exact) mass is 1040 g/mol. The number of esters is 3. The molecule has 75 heavy (non-hydrogen) atoms. The van der Waals surface area contributed by atoms with Crippen LogP contribution >= 0.6 is 0 Å². The number of unbranched alkanes of at least 4 members (excludes halogenated alkanes) is 33. The van der Waals surface area contributed by atoms with E-state index in [4.69, 9.17) is 14.2 Å². The van der Waals surface area contributed by atoms with Gasteiger partial charge in [-0.2, -0.15) is 0 Å². The van der Waals surface area contributed by atoms with Crippen LogP contribution in [0.3, 0.4) is 0 Å². The fourth-order valence-corrected chi connectivity index (χ4v) is 9.03. The molecule has 0 fully saturated rings.